The fraction of sp³-hybridized carbons (Fsp3) is 0. The van der Waals surface area contributed by atoms with Gasteiger partial charge in [0.1, 0.15) is 17.7 Å². The number of halogens is 1. The van der Waals surface area contributed by atoms with E-state index in [1.54, 1.807) is 24.3 Å². The molecule has 4 nitrogen and oxygen atoms in total. The van der Waals surface area contributed by atoms with Crippen LogP contribution in [0.15, 0.2) is 53.3 Å². The lowest BCUT2D eigenvalue weighted by Crippen LogP contribution is -2.22. The van der Waals surface area contributed by atoms with Crippen molar-refractivity contribution < 1.29 is 4.39 Å². The molecule has 0 amide bonds. The van der Waals surface area contributed by atoms with Crippen LogP contribution >= 0.6 is 0 Å². The molecule has 1 aromatic heterocycles. The summed E-state index contributed by atoms with van der Waals surface area (Å²) in [5, 5.41) is 10.3. The summed E-state index contributed by atoms with van der Waals surface area (Å²) in [7, 11) is 0. The van der Waals surface area contributed by atoms with Gasteiger partial charge < -0.3 is 5.73 Å². The Bertz CT molecular complexity index is 954. The number of aromatic nitrogens is 1. The van der Waals surface area contributed by atoms with Crippen molar-refractivity contribution in [2.75, 3.05) is 5.73 Å². The topological polar surface area (TPSA) is 71.8 Å². The number of nitrogens with zero attached hydrogens (tertiary/aromatic N) is 2. The molecule has 2 aromatic carbocycles. The predicted octanol–water partition coefficient (Wildman–Crippen LogP) is 2.58. The van der Waals surface area contributed by atoms with Gasteiger partial charge in [0.25, 0.3) is 5.56 Å². The first-order valence-corrected chi connectivity index (χ1v) is 6.22. The molecule has 2 N–H and O–H groups in total. The zero-order chi connectivity index (χ0) is 15.0. The number of hydrogen-bond donors (Lipinski definition) is 1. The lowest BCUT2D eigenvalue weighted by Gasteiger charge is -2.12. The van der Waals surface area contributed by atoms with E-state index in [1.807, 2.05) is 12.1 Å². The van der Waals surface area contributed by atoms with Gasteiger partial charge in [-0.1, -0.05) is 18.2 Å². The third-order valence-corrected chi connectivity index (χ3v) is 3.28. The highest BCUT2D eigenvalue weighted by Gasteiger charge is 2.12. The maximum atomic E-state index is 13.2. The fourth-order valence-corrected chi connectivity index (χ4v) is 2.32. The Balaban J connectivity index is 2.42. The van der Waals surface area contributed by atoms with Crippen molar-refractivity contribution in [3.8, 4) is 11.8 Å². The quantitative estimate of drug-likeness (QED) is 0.744. The molecule has 21 heavy (non-hydrogen) atoms. The number of nitriles is 1. The van der Waals surface area contributed by atoms with Crippen molar-refractivity contribution in [3.05, 3.63) is 70.3 Å². The van der Waals surface area contributed by atoms with Gasteiger partial charge in [0, 0.05) is 5.39 Å². The van der Waals surface area contributed by atoms with E-state index in [2.05, 4.69) is 0 Å². The van der Waals surface area contributed by atoms with Gasteiger partial charge in [-0.2, -0.15) is 5.26 Å². The Hall–Kier alpha value is -3.13. The normalized spacial score (nSPS) is 10.5. The Morgan fingerprint density at radius 1 is 1.14 bits per heavy atom. The first kappa shape index (κ1) is 12.9. The molecule has 3 aromatic rings. The summed E-state index contributed by atoms with van der Waals surface area (Å²) in [5.41, 5.74) is 5.93. The number of nitrogens with two attached hydrogens (primary N) is 1. The van der Waals surface area contributed by atoms with Crippen LogP contribution in [0.25, 0.3) is 16.5 Å². The van der Waals surface area contributed by atoms with Crippen molar-refractivity contribution in [1.29, 1.82) is 5.26 Å². The molecule has 5 heteroatoms. The highest BCUT2D eigenvalue weighted by atomic mass is 19.1. The van der Waals surface area contributed by atoms with Gasteiger partial charge in [0.2, 0.25) is 0 Å². The second-order valence-corrected chi connectivity index (χ2v) is 4.57. The SMILES string of the molecule is N#Cc1cc(F)ccc1-n1c(N)cc2ccccc2c1=O. The van der Waals surface area contributed by atoms with Crippen LogP contribution < -0.4 is 11.3 Å². The number of fused-ring (bicyclic) bond motifs is 1. The first-order valence-electron chi connectivity index (χ1n) is 6.22. The van der Waals surface area contributed by atoms with Gasteiger partial charge in [-0.15, -0.1) is 0 Å². The fourth-order valence-electron chi connectivity index (χ4n) is 2.32. The summed E-state index contributed by atoms with van der Waals surface area (Å²) in [5.74, 6) is -0.343. The van der Waals surface area contributed by atoms with E-state index >= 15 is 0 Å². The van der Waals surface area contributed by atoms with Crippen molar-refractivity contribution in [3.63, 3.8) is 0 Å². The van der Waals surface area contributed by atoms with E-state index in [-0.39, 0.29) is 22.6 Å². The molecule has 0 bridgehead atoms. The first-order chi connectivity index (χ1) is 10.1. The number of benzene rings is 2. The Morgan fingerprint density at radius 3 is 2.67 bits per heavy atom. The summed E-state index contributed by atoms with van der Waals surface area (Å²) in [6, 6.07) is 14.2. The molecule has 0 saturated heterocycles. The van der Waals surface area contributed by atoms with Crippen LogP contribution in [0.2, 0.25) is 0 Å². The van der Waals surface area contributed by atoms with Gasteiger partial charge in [-0.25, -0.2) is 4.39 Å². The van der Waals surface area contributed by atoms with Gasteiger partial charge in [0.15, 0.2) is 0 Å². The molecule has 0 spiro atoms. The van der Waals surface area contributed by atoms with Gasteiger partial charge >= 0.3 is 0 Å². The molecule has 0 radical (unpaired) electrons. The van der Waals surface area contributed by atoms with Crippen LogP contribution in [0.3, 0.4) is 0 Å². The van der Waals surface area contributed by atoms with Crippen molar-refractivity contribution in [2.45, 2.75) is 0 Å². The molecule has 0 unspecified atom stereocenters. The lowest BCUT2D eigenvalue weighted by atomic mass is 10.1. The monoisotopic (exact) mass is 279 g/mol. The van der Waals surface area contributed by atoms with Crippen molar-refractivity contribution in [2.24, 2.45) is 0 Å². The third kappa shape index (κ3) is 2.03. The van der Waals surface area contributed by atoms with Crippen molar-refractivity contribution in [1.82, 2.24) is 4.57 Å². The summed E-state index contributed by atoms with van der Waals surface area (Å²) < 4.78 is 14.5. The second-order valence-electron chi connectivity index (χ2n) is 4.57. The summed E-state index contributed by atoms with van der Waals surface area (Å²) in [4.78, 5) is 12.6. The van der Waals surface area contributed by atoms with E-state index < -0.39 is 5.82 Å². The van der Waals surface area contributed by atoms with E-state index in [0.717, 1.165) is 11.5 Å². The van der Waals surface area contributed by atoms with Crippen LogP contribution in [0.5, 0.6) is 0 Å². The minimum Gasteiger partial charge on any atom is -0.385 e. The van der Waals surface area contributed by atoms with E-state index in [1.165, 1.54) is 16.7 Å². The summed E-state index contributed by atoms with van der Waals surface area (Å²) in [6.07, 6.45) is 0. The average molecular weight is 279 g/mol. The highest BCUT2D eigenvalue weighted by molar-refractivity contribution is 5.84. The molecule has 0 saturated carbocycles. The summed E-state index contributed by atoms with van der Waals surface area (Å²) >= 11 is 0. The average Bonchev–Trinajstić information content (AvgIpc) is 2.48. The van der Waals surface area contributed by atoms with Crippen LogP contribution in [0.4, 0.5) is 10.2 Å². The van der Waals surface area contributed by atoms with E-state index in [4.69, 9.17) is 11.0 Å². The predicted molar refractivity (Wildman–Crippen MR) is 78.6 cm³/mol. The van der Waals surface area contributed by atoms with Gasteiger partial charge in [0.05, 0.1) is 11.3 Å². The van der Waals surface area contributed by atoms with Crippen LogP contribution in [-0.2, 0) is 0 Å². The third-order valence-electron chi connectivity index (χ3n) is 3.28. The molecule has 0 aliphatic carbocycles. The number of anilines is 1. The van der Waals surface area contributed by atoms with E-state index in [9.17, 15) is 9.18 Å². The van der Waals surface area contributed by atoms with Gasteiger partial charge in [-0.05, 0) is 35.7 Å². The van der Waals surface area contributed by atoms with E-state index in [0.29, 0.717) is 5.39 Å². The summed E-state index contributed by atoms with van der Waals surface area (Å²) in [6.45, 7) is 0. The zero-order valence-electron chi connectivity index (χ0n) is 10.9. The molecule has 102 valence electrons. The lowest BCUT2D eigenvalue weighted by molar-refractivity contribution is 0.627. The molecule has 0 aliphatic heterocycles. The Kier molecular flexibility index (Phi) is 2.92. The number of hydrogen-bond acceptors (Lipinski definition) is 3. The molecule has 0 atom stereocenters. The zero-order valence-corrected chi connectivity index (χ0v) is 10.9. The molecular weight excluding hydrogens is 269 g/mol. The molecule has 1 heterocycles. The minimum absolute atomic E-state index is 0.0547. The highest BCUT2D eigenvalue weighted by Crippen LogP contribution is 2.20. The largest absolute Gasteiger partial charge is 0.385 e. The van der Waals surface area contributed by atoms with Gasteiger partial charge in [-0.3, -0.25) is 9.36 Å². The molecule has 3 rings (SSSR count). The molecular formula is C16H10FN3O. The number of pyridine rings is 1. The smallest absolute Gasteiger partial charge is 0.264 e. The van der Waals surface area contributed by atoms with Crippen molar-refractivity contribution >= 4 is 16.6 Å². The molecule has 0 fully saturated rings. The van der Waals surface area contributed by atoms with Crippen LogP contribution in [-0.4, -0.2) is 4.57 Å². The number of nitrogen functional groups attached to an aromatic ring is 1. The Labute approximate surface area is 119 Å². The number of rotatable bonds is 1. The Morgan fingerprint density at radius 2 is 1.90 bits per heavy atom. The van der Waals surface area contributed by atoms with Crippen LogP contribution in [0.1, 0.15) is 5.56 Å². The minimum atomic E-state index is -0.539. The second kappa shape index (κ2) is 4.76. The standard InChI is InChI=1S/C16H10FN3O/c17-12-5-6-14(11(7-12)9-18)20-15(19)8-10-3-1-2-4-13(10)16(20)21/h1-8H,19H2. The molecule has 0 aliphatic rings. The maximum absolute atomic E-state index is 13.2. The maximum Gasteiger partial charge on any atom is 0.264 e. The van der Waals surface area contributed by atoms with Crippen LogP contribution in [0, 0.1) is 17.1 Å².